The molecule has 0 spiro atoms. The smallest absolute Gasteiger partial charge is 0.266 e. The molecule has 0 saturated carbocycles. The van der Waals surface area contributed by atoms with Gasteiger partial charge in [-0.2, -0.15) is 0 Å². The fraction of sp³-hybridized carbons (Fsp3) is 0.300. The molecule has 1 atom stereocenters. The average molecular weight is 563 g/mol. The molecular weight excluding hydrogens is 530 g/mol. The molecule has 0 aliphatic heterocycles. The van der Waals surface area contributed by atoms with Gasteiger partial charge in [0.05, 0.1) is 29.7 Å². The van der Waals surface area contributed by atoms with Crippen molar-refractivity contribution < 1.29 is 9.53 Å². The van der Waals surface area contributed by atoms with Gasteiger partial charge in [0, 0.05) is 16.6 Å². The van der Waals surface area contributed by atoms with Gasteiger partial charge in [0.1, 0.15) is 11.6 Å². The van der Waals surface area contributed by atoms with Crippen LogP contribution in [-0.2, 0) is 0 Å². The molecule has 37 heavy (non-hydrogen) atoms. The van der Waals surface area contributed by atoms with Crippen molar-refractivity contribution in [1.29, 1.82) is 0 Å². The maximum Gasteiger partial charge on any atom is 0.266 e. The number of fused-ring (bicyclic) bond motifs is 1. The minimum absolute atomic E-state index is 0.0946. The van der Waals surface area contributed by atoms with E-state index in [1.54, 1.807) is 17.7 Å². The molecule has 3 aromatic carbocycles. The van der Waals surface area contributed by atoms with Gasteiger partial charge in [-0.25, -0.2) is 4.98 Å². The Balaban J connectivity index is 1.97. The highest BCUT2D eigenvalue weighted by molar-refractivity contribution is 9.10. The minimum Gasteiger partial charge on any atom is -0.495 e. The van der Waals surface area contributed by atoms with E-state index in [1.165, 1.54) is 0 Å². The lowest BCUT2D eigenvalue weighted by molar-refractivity contribution is 0.0648. The second kappa shape index (κ2) is 11.7. The first kappa shape index (κ1) is 26.6. The van der Waals surface area contributed by atoms with E-state index in [0.717, 1.165) is 10.9 Å². The Labute approximate surface area is 226 Å². The summed E-state index contributed by atoms with van der Waals surface area (Å²) in [6.07, 6.45) is 1.40. The Bertz CT molecular complexity index is 1460. The summed E-state index contributed by atoms with van der Waals surface area (Å²) in [5, 5.41) is 0.513. The standard InChI is InChI=1S/C30H32BrN3O3/c1-5-25(33(18-17-20(2)3)29(35)21-11-10-12-22(31)19-21)28-32-24-14-7-6-13-23(24)30(36)34(28)26-15-8-9-16-27(26)37-4/h6-16,19-20,25H,5,17-18H2,1-4H3. The Morgan fingerprint density at radius 2 is 1.78 bits per heavy atom. The number of carbonyl (C=O) groups excluding carboxylic acids is 1. The molecule has 0 aliphatic carbocycles. The quantitative estimate of drug-likeness (QED) is 0.225. The highest BCUT2D eigenvalue weighted by Gasteiger charge is 2.30. The molecule has 0 aliphatic rings. The summed E-state index contributed by atoms with van der Waals surface area (Å²) in [6.45, 7) is 6.84. The highest BCUT2D eigenvalue weighted by atomic mass is 79.9. The van der Waals surface area contributed by atoms with Crippen LogP contribution in [0.2, 0.25) is 0 Å². The monoisotopic (exact) mass is 561 g/mol. The fourth-order valence-electron chi connectivity index (χ4n) is 4.55. The normalized spacial score (nSPS) is 12.1. The van der Waals surface area contributed by atoms with Crippen LogP contribution in [0.25, 0.3) is 16.6 Å². The maximum atomic E-state index is 14.0. The Hall–Kier alpha value is -3.45. The minimum atomic E-state index is -0.438. The third kappa shape index (κ3) is 5.62. The number of amides is 1. The number of carbonyl (C=O) groups is 1. The largest absolute Gasteiger partial charge is 0.495 e. The molecule has 7 heteroatoms. The third-order valence-corrected chi connectivity index (χ3v) is 6.96. The van der Waals surface area contributed by atoms with Gasteiger partial charge in [0.15, 0.2) is 0 Å². The number of para-hydroxylation sites is 3. The predicted molar refractivity (Wildman–Crippen MR) is 152 cm³/mol. The number of halogens is 1. The van der Waals surface area contributed by atoms with Gasteiger partial charge >= 0.3 is 0 Å². The Morgan fingerprint density at radius 3 is 2.49 bits per heavy atom. The summed E-state index contributed by atoms with van der Waals surface area (Å²) in [5.74, 6) is 1.38. The fourth-order valence-corrected chi connectivity index (χ4v) is 4.95. The second-order valence-corrected chi connectivity index (χ2v) is 10.3. The van der Waals surface area contributed by atoms with Gasteiger partial charge in [-0.15, -0.1) is 0 Å². The first-order valence-corrected chi connectivity index (χ1v) is 13.4. The summed E-state index contributed by atoms with van der Waals surface area (Å²) in [4.78, 5) is 34.8. The van der Waals surface area contributed by atoms with Crippen molar-refractivity contribution in [3.05, 3.63) is 99.0 Å². The average Bonchev–Trinajstić information content (AvgIpc) is 2.90. The van der Waals surface area contributed by atoms with E-state index in [1.807, 2.05) is 78.6 Å². The van der Waals surface area contributed by atoms with Crippen molar-refractivity contribution in [2.75, 3.05) is 13.7 Å². The first-order chi connectivity index (χ1) is 17.8. The molecule has 1 unspecified atom stereocenters. The predicted octanol–water partition coefficient (Wildman–Crippen LogP) is 6.80. The van der Waals surface area contributed by atoms with Crippen LogP contribution in [0.3, 0.4) is 0 Å². The molecule has 4 rings (SSSR count). The summed E-state index contributed by atoms with van der Waals surface area (Å²) < 4.78 is 8.09. The molecule has 0 saturated heterocycles. The van der Waals surface area contributed by atoms with Crippen molar-refractivity contribution in [3.63, 3.8) is 0 Å². The SMILES string of the molecule is CCC(c1nc2ccccc2c(=O)n1-c1ccccc1OC)N(CCC(C)C)C(=O)c1cccc(Br)c1. The number of hydrogen-bond acceptors (Lipinski definition) is 4. The topological polar surface area (TPSA) is 64.4 Å². The zero-order chi connectivity index (χ0) is 26.5. The number of hydrogen-bond donors (Lipinski definition) is 0. The lowest BCUT2D eigenvalue weighted by atomic mass is 10.0. The summed E-state index contributed by atoms with van der Waals surface area (Å²) >= 11 is 3.49. The van der Waals surface area contributed by atoms with Crippen LogP contribution in [0.5, 0.6) is 5.75 Å². The van der Waals surface area contributed by atoms with E-state index in [9.17, 15) is 9.59 Å². The van der Waals surface area contributed by atoms with Gasteiger partial charge in [-0.05, 0) is 61.2 Å². The maximum absolute atomic E-state index is 14.0. The molecule has 0 bridgehead atoms. The number of rotatable bonds is 9. The van der Waals surface area contributed by atoms with E-state index < -0.39 is 6.04 Å². The van der Waals surface area contributed by atoms with Crippen molar-refractivity contribution in [2.24, 2.45) is 5.92 Å². The van der Waals surface area contributed by atoms with Crippen LogP contribution >= 0.6 is 15.9 Å². The van der Waals surface area contributed by atoms with Crippen LogP contribution in [0, 0.1) is 5.92 Å². The molecule has 1 aromatic heterocycles. The number of ether oxygens (including phenoxy) is 1. The molecule has 0 N–H and O–H groups in total. The van der Waals surface area contributed by atoms with Gasteiger partial charge < -0.3 is 9.64 Å². The number of nitrogens with zero attached hydrogens (tertiary/aromatic N) is 3. The lowest BCUT2D eigenvalue weighted by Gasteiger charge is -2.33. The molecule has 1 amide bonds. The lowest BCUT2D eigenvalue weighted by Crippen LogP contribution is -2.39. The Morgan fingerprint density at radius 1 is 1.05 bits per heavy atom. The molecule has 0 radical (unpaired) electrons. The van der Waals surface area contributed by atoms with Crippen LogP contribution in [0.1, 0.15) is 55.8 Å². The van der Waals surface area contributed by atoms with Gasteiger partial charge in [0.25, 0.3) is 11.5 Å². The van der Waals surface area contributed by atoms with E-state index in [4.69, 9.17) is 9.72 Å². The number of aromatic nitrogens is 2. The van der Waals surface area contributed by atoms with Crippen LogP contribution in [0.15, 0.2) is 82.1 Å². The molecule has 1 heterocycles. The van der Waals surface area contributed by atoms with Gasteiger partial charge in [-0.1, -0.05) is 67.0 Å². The van der Waals surface area contributed by atoms with Gasteiger partial charge in [0.2, 0.25) is 0 Å². The molecule has 192 valence electrons. The molecular formula is C30H32BrN3O3. The van der Waals surface area contributed by atoms with Crippen LogP contribution in [-0.4, -0.2) is 34.0 Å². The molecule has 6 nitrogen and oxygen atoms in total. The zero-order valence-electron chi connectivity index (χ0n) is 21.6. The number of methoxy groups -OCH3 is 1. The van der Waals surface area contributed by atoms with E-state index in [-0.39, 0.29) is 11.5 Å². The van der Waals surface area contributed by atoms with E-state index >= 15 is 0 Å². The third-order valence-electron chi connectivity index (χ3n) is 6.47. The summed E-state index contributed by atoms with van der Waals surface area (Å²) in [7, 11) is 1.58. The second-order valence-electron chi connectivity index (χ2n) is 9.42. The van der Waals surface area contributed by atoms with Crippen molar-refractivity contribution in [3.8, 4) is 11.4 Å². The van der Waals surface area contributed by atoms with Crippen molar-refractivity contribution in [1.82, 2.24) is 14.5 Å². The van der Waals surface area contributed by atoms with Crippen LogP contribution in [0.4, 0.5) is 0 Å². The zero-order valence-corrected chi connectivity index (χ0v) is 23.2. The van der Waals surface area contributed by atoms with Crippen molar-refractivity contribution >= 4 is 32.7 Å². The highest BCUT2D eigenvalue weighted by Crippen LogP contribution is 2.31. The summed E-state index contributed by atoms with van der Waals surface area (Å²) in [6, 6.07) is 21.7. The van der Waals surface area contributed by atoms with E-state index in [2.05, 4.69) is 29.8 Å². The van der Waals surface area contributed by atoms with E-state index in [0.29, 0.717) is 52.6 Å². The Kier molecular flexibility index (Phi) is 8.44. The van der Waals surface area contributed by atoms with Crippen molar-refractivity contribution in [2.45, 2.75) is 39.7 Å². The number of benzene rings is 3. The molecule has 0 fully saturated rings. The molecule has 4 aromatic rings. The summed E-state index contributed by atoms with van der Waals surface area (Å²) in [5.41, 5.74) is 1.59. The first-order valence-electron chi connectivity index (χ1n) is 12.6. The van der Waals surface area contributed by atoms with Crippen LogP contribution < -0.4 is 10.3 Å². The van der Waals surface area contributed by atoms with Gasteiger partial charge in [-0.3, -0.25) is 14.2 Å².